The lowest BCUT2D eigenvalue weighted by atomic mass is 9.92. The SMILES string of the molecule is CC1CC(C)CN(C(=O)c2sc(NC3CC3)nc2N)C1. The smallest absolute Gasteiger partial charge is 0.267 e. The van der Waals surface area contributed by atoms with Crippen molar-refractivity contribution in [3.63, 3.8) is 0 Å². The van der Waals surface area contributed by atoms with E-state index >= 15 is 0 Å². The Morgan fingerprint density at radius 3 is 2.60 bits per heavy atom. The fourth-order valence-electron chi connectivity index (χ4n) is 2.92. The quantitative estimate of drug-likeness (QED) is 0.898. The molecule has 1 saturated heterocycles. The van der Waals surface area contributed by atoms with Gasteiger partial charge in [0.05, 0.1) is 0 Å². The Bertz CT molecular complexity index is 501. The molecule has 110 valence electrons. The average molecular weight is 294 g/mol. The van der Waals surface area contributed by atoms with Gasteiger partial charge in [-0.15, -0.1) is 0 Å². The lowest BCUT2D eigenvalue weighted by Gasteiger charge is -2.34. The summed E-state index contributed by atoms with van der Waals surface area (Å²) >= 11 is 1.39. The zero-order valence-electron chi connectivity index (χ0n) is 12.1. The first-order valence-electron chi connectivity index (χ1n) is 7.35. The fraction of sp³-hybridized carbons (Fsp3) is 0.714. The topological polar surface area (TPSA) is 71.2 Å². The summed E-state index contributed by atoms with van der Waals surface area (Å²) in [5.41, 5.74) is 5.93. The van der Waals surface area contributed by atoms with Crippen molar-refractivity contribution in [1.29, 1.82) is 0 Å². The number of likely N-dealkylation sites (tertiary alicyclic amines) is 1. The molecule has 1 aromatic heterocycles. The van der Waals surface area contributed by atoms with Gasteiger partial charge in [-0.25, -0.2) is 4.98 Å². The third kappa shape index (κ3) is 2.90. The Morgan fingerprint density at radius 2 is 2.00 bits per heavy atom. The first-order valence-corrected chi connectivity index (χ1v) is 8.16. The molecule has 0 radical (unpaired) electrons. The monoisotopic (exact) mass is 294 g/mol. The van der Waals surface area contributed by atoms with Crippen LogP contribution in [0.5, 0.6) is 0 Å². The molecule has 1 amide bonds. The third-order valence-corrected chi connectivity index (χ3v) is 4.90. The van der Waals surface area contributed by atoms with E-state index < -0.39 is 0 Å². The van der Waals surface area contributed by atoms with Gasteiger partial charge in [-0.05, 0) is 31.1 Å². The molecule has 20 heavy (non-hydrogen) atoms. The molecule has 6 heteroatoms. The van der Waals surface area contributed by atoms with E-state index in [2.05, 4.69) is 24.1 Å². The summed E-state index contributed by atoms with van der Waals surface area (Å²) in [6, 6.07) is 0.526. The number of nitrogens with one attached hydrogen (secondary N) is 1. The summed E-state index contributed by atoms with van der Waals surface area (Å²) in [6.45, 7) is 6.05. The van der Waals surface area contributed by atoms with Crippen LogP contribution in [0.4, 0.5) is 10.9 Å². The number of rotatable bonds is 3. The summed E-state index contributed by atoms with van der Waals surface area (Å²) < 4.78 is 0. The van der Waals surface area contributed by atoms with E-state index in [-0.39, 0.29) is 5.91 Å². The first kappa shape index (κ1) is 13.7. The summed E-state index contributed by atoms with van der Waals surface area (Å²) in [5.74, 6) is 1.53. The van der Waals surface area contributed by atoms with Crippen LogP contribution in [0, 0.1) is 11.8 Å². The Kier molecular flexibility index (Phi) is 3.58. The molecule has 2 fully saturated rings. The third-order valence-electron chi connectivity index (χ3n) is 3.91. The van der Waals surface area contributed by atoms with Crippen LogP contribution >= 0.6 is 11.3 Å². The molecule has 3 rings (SSSR count). The number of amides is 1. The van der Waals surface area contributed by atoms with Crippen molar-refractivity contribution in [2.24, 2.45) is 11.8 Å². The van der Waals surface area contributed by atoms with Crippen molar-refractivity contribution in [3.05, 3.63) is 4.88 Å². The number of hydrogen-bond acceptors (Lipinski definition) is 5. The normalized spacial score (nSPS) is 26.6. The van der Waals surface area contributed by atoms with Crippen molar-refractivity contribution in [1.82, 2.24) is 9.88 Å². The molecule has 1 aliphatic heterocycles. The summed E-state index contributed by atoms with van der Waals surface area (Å²) in [7, 11) is 0. The van der Waals surface area contributed by atoms with E-state index in [1.54, 1.807) is 0 Å². The predicted molar refractivity (Wildman–Crippen MR) is 82.0 cm³/mol. The zero-order valence-corrected chi connectivity index (χ0v) is 12.9. The van der Waals surface area contributed by atoms with Crippen LogP contribution in [0.2, 0.25) is 0 Å². The minimum absolute atomic E-state index is 0.0437. The highest BCUT2D eigenvalue weighted by Crippen LogP contribution is 2.32. The van der Waals surface area contributed by atoms with Crippen LogP contribution in [0.25, 0.3) is 0 Å². The van der Waals surface area contributed by atoms with Crippen molar-refractivity contribution in [3.8, 4) is 0 Å². The van der Waals surface area contributed by atoms with Gasteiger partial charge in [-0.2, -0.15) is 0 Å². The minimum Gasteiger partial charge on any atom is -0.382 e. The molecular formula is C14H22N4OS. The maximum Gasteiger partial charge on any atom is 0.267 e. The summed E-state index contributed by atoms with van der Waals surface area (Å²) in [6.07, 6.45) is 3.56. The van der Waals surface area contributed by atoms with Crippen LogP contribution in [0.1, 0.15) is 42.8 Å². The maximum absolute atomic E-state index is 12.6. The number of nitrogens with zero attached hydrogens (tertiary/aromatic N) is 2. The molecule has 0 spiro atoms. The van der Waals surface area contributed by atoms with Gasteiger partial charge in [-0.1, -0.05) is 25.2 Å². The number of nitrogens with two attached hydrogens (primary N) is 1. The van der Waals surface area contributed by atoms with Gasteiger partial charge in [0, 0.05) is 19.1 Å². The molecule has 1 saturated carbocycles. The molecule has 0 bridgehead atoms. The van der Waals surface area contributed by atoms with Gasteiger partial charge in [0.15, 0.2) is 5.13 Å². The van der Waals surface area contributed by atoms with Crippen molar-refractivity contribution in [2.45, 2.75) is 39.2 Å². The second-order valence-electron chi connectivity index (χ2n) is 6.31. The van der Waals surface area contributed by atoms with E-state index in [1.807, 2.05) is 4.90 Å². The van der Waals surface area contributed by atoms with Gasteiger partial charge < -0.3 is 16.0 Å². The number of carbonyl (C=O) groups excluding carboxylic acids is 1. The summed E-state index contributed by atoms with van der Waals surface area (Å²) in [5, 5.41) is 4.09. The number of hydrogen-bond donors (Lipinski definition) is 2. The molecule has 2 unspecified atom stereocenters. The lowest BCUT2D eigenvalue weighted by molar-refractivity contribution is 0.0629. The molecule has 0 aromatic carbocycles. The van der Waals surface area contributed by atoms with E-state index in [0.29, 0.717) is 28.6 Å². The van der Waals surface area contributed by atoms with Crippen molar-refractivity contribution >= 4 is 28.2 Å². The highest BCUT2D eigenvalue weighted by atomic mass is 32.1. The number of aromatic nitrogens is 1. The van der Waals surface area contributed by atoms with Crippen LogP contribution in [0.15, 0.2) is 0 Å². The van der Waals surface area contributed by atoms with Gasteiger partial charge in [0.1, 0.15) is 10.7 Å². The van der Waals surface area contributed by atoms with Crippen LogP contribution in [-0.2, 0) is 0 Å². The number of carbonyl (C=O) groups is 1. The Balaban J connectivity index is 1.73. The fourth-order valence-corrected chi connectivity index (χ4v) is 3.85. The Labute approximate surface area is 123 Å². The minimum atomic E-state index is 0.0437. The molecule has 1 aromatic rings. The van der Waals surface area contributed by atoms with Gasteiger partial charge >= 0.3 is 0 Å². The lowest BCUT2D eigenvalue weighted by Crippen LogP contribution is -2.42. The van der Waals surface area contributed by atoms with E-state index in [9.17, 15) is 4.79 Å². The first-order chi connectivity index (χ1) is 9.52. The molecule has 1 aliphatic carbocycles. The zero-order chi connectivity index (χ0) is 14.3. The van der Waals surface area contributed by atoms with E-state index in [0.717, 1.165) is 18.2 Å². The second kappa shape index (κ2) is 5.24. The Hall–Kier alpha value is -1.30. The van der Waals surface area contributed by atoms with Gasteiger partial charge in [0.25, 0.3) is 5.91 Å². The largest absolute Gasteiger partial charge is 0.382 e. The Morgan fingerprint density at radius 1 is 1.35 bits per heavy atom. The molecule has 2 heterocycles. The summed E-state index contributed by atoms with van der Waals surface area (Å²) in [4.78, 5) is 19.4. The van der Waals surface area contributed by atoms with E-state index in [1.165, 1.54) is 30.6 Å². The highest BCUT2D eigenvalue weighted by molar-refractivity contribution is 7.18. The standard InChI is InChI=1S/C14H22N4OS/c1-8-5-9(2)7-18(6-8)13(19)11-12(15)17-14(20-11)16-10-3-4-10/h8-10H,3-7,15H2,1-2H3,(H,16,17). The van der Waals surface area contributed by atoms with Crippen molar-refractivity contribution in [2.75, 3.05) is 24.1 Å². The molecular weight excluding hydrogens is 272 g/mol. The van der Waals surface area contributed by atoms with Crippen molar-refractivity contribution < 1.29 is 4.79 Å². The van der Waals surface area contributed by atoms with Crippen LogP contribution in [0.3, 0.4) is 0 Å². The second-order valence-corrected chi connectivity index (χ2v) is 7.31. The molecule has 3 N–H and O–H groups in total. The number of thiazole rings is 1. The number of piperidine rings is 1. The van der Waals surface area contributed by atoms with E-state index in [4.69, 9.17) is 5.73 Å². The number of anilines is 2. The maximum atomic E-state index is 12.6. The van der Waals surface area contributed by atoms with Crippen LogP contribution in [-0.4, -0.2) is 34.9 Å². The average Bonchev–Trinajstić information content (AvgIpc) is 3.10. The highest BCUT2D eigenvalue weighted by Gasteiger charge is 2.29. The van der Waals surface area contributed by atoms with Gasteiger partial charge in [-0.3, -0.25) is 4.79 Å². The predicted octanol–water partition coefficient (Wildman–Crippen LogP) is 2.42. The van der Waals surface area contributed by atoms with Crippen LogP contribution < -0.4 is 11.1 Å². The molecule has 5 nitrogen and oxygen atoms in total. The molecule has 2 atom stereocenters. The van der Waals surface area contributed by atoms with Gasteiger partial charge in [0.2, 0.25) is 0 Å². The number of nitrogen functional groups attached to an aromatic ring is 1. The molecule has 2 aliphatic rings.